The summed E-state index contributed by atoms with van der Waals surface area (Å²) in [5.41, 5.74) is 2.07. The first-order valence-corrected chi connectivity index (χ1v) is 9.81. The molecule has 3 aromatic rings. The van der Waals surface area contributed by atoms with Gasteiger partial charge in [0.05, 0.1) is 6.04 Å². The van der Waals surface area contributed by atoms with E-state index in [0.717, 1.165) is 37.1 Å². The van der Waals surface area contributed by atoms with Crippen molar-refractivity contribution in [2.24, 2.45) is 0 Å². The van der Waals surface area contributed by atoms with Gasteiger partial charge in [0, 0.05) is 35.6 Å². The lowest BCUT2D eigenvalue weighted by Crippen LogP contribution is -2.33. The zero-order valence-electron chi connectivity index (χ0n) is 16.0. The molecule has 2 fully saturated rings. The van der Waals surface area contributed by atoms with Crippen molar-refractivity contribution in [1.82, 2.24) is 40.0 Å². The fourth-order valence-electron chi connectivity index (χ4n) is 3.22. The molecule has 0 bridgehead atoms. The molecule has 3 heterocycles. The number of carbonyl (C=O) groups excluding carboxylic acids is 1. The minimum Gasteiger partial charge on any atom is -0.328 e. The molecular formula is C19H21N9O. The van der Waals surface area contributed by atoms with Crippen LogP contribution < -0.4 is 10.6 Å². The van der Waals surface area contributed by atoms with E-state index in [1.165, 1.54) is 11.0 Å². The van der Waals surface area contributed by atoms with Gasteiger partial charge in [-0.15, -0.1) is 0 Å². The Balaban J connectivity index is 1.30. The number of nitrogens with one attached hydrogen (secondary N) is 2. The molecule has 0 spiro atoms. The van der Waals surface area contributed by atoms with E-state index in [1.807, 2.05) is 6.92 Å². The van der Waals surface area contributed by atoms with Crippen molar-refractivity contribution in [3.63, 3.8) is 0 Å². The van der Waals surface area contributed by atoms with E-state index in [1.54, 1.807) is 18.5 Å². The standard InChI is InChI=1S/C19H21N9O/c1-11(16-22-10-23-28(16)18-20-7-2-8-21-18)24-19(29)27-17-25-14(12-3-4-12)9-15(26-17)13-5-6-13/h2,7-13H,3-6H2,1H3,(H2,24,25,26,27,29). The third-order valence-electron chi connectivity index (χ3n) is 5.03. The maximum atomic E-state index is 12.6. The van der Waals surface area contributed by atoms with Crippen LogP contribution in [0, 0.1) is 0 Å². The molecule has 0 aliphatic heterocycles. The van der Waals surface area contributed by atoms with Crippen LogP contribution in [0.2, 0.25) is 0 Å². The molecule has 1 unspecified atom stereocenters. The van der Waals surface area contributed by atoms with Gasteiger partial charge in [-0.25, -0.2) is 29.7 Å². The second-order valence-corrected chi connectivity index (χ2v) is 7.49. The van der Waals surface area contributed by atoms with E-state index in [4.69, 9.17) is 0 Å². The van der Waals surface area contributed by atoms with Crippen LogP contribution in [0.25, 0.3) is 5.95 Å². The average molecular weight is 391 g/mol. The topological polar surface area (TPSA) is 123 Å². The van der Waals surface area contributed by atoms with Crippen LogP contribution in [-0.2, 0) is 0 Å². The quantitative estimate of drug-likeness (QED) is 0.661. The second kappa shape index (κ2) is 7.19. The van der Waals surface area contributed by atoms with Crippen molar-refractivity contribution in [2.45, 2.75) is 50.5 Å². The number of anilines is 1. The molecule has 148 valence electrons. The van der Waals surface area contributed by atoms with E-state index in [0.29, 0.717) is 29.6 Å². The van der Waals surface area contributed by atoms with Gasteiger partial charge in [0.1, 0.15) is 6.33 Å². The van der Waals surface area contributed by atoms with Crippen LogP contribution in [0.4, 0.5) is 10.7 Å². The Morgan fingerprint density at radius 2 is 1.72 bits per heavy atom. The van der Waals surface area contributed by atoms with Gasteiger partial charge >= 0.3 is 6.03 Å². The Kier molecular flexibility index (Phi) is 4.38. The van der Waals surface area contributed by atoms with Gasteiger partial charge in [0.2, 0.25) is 5.95 Å². The lowest BCUT2D eigenvalue weighted by atomic mass is 10.2. The van der Waals surface area contributed by atoms with Crippen LogP contribution in [0.1, 0.15) is 67.7 Å². The number of aromatic nitrogens is 7. The predicted octanol–water partition coefficient (Wildman–Crippen LogP) is 2.48. The predicted molar refractivity (Wildman–Crippen MR) is 104 cm³/mol. The molecule has 10 nitrogen and oxygen atoms in total. The fraction of sp³-hybridized carbons (Fsp3) is 0.421. The van der Waals surface area contributed by atoms with Crippen LogP contribution in [0.15, 0.2) is 30.9 Å². The Bertz CT molecular complexity index is 997. The van der Waals surface area contributed by atoms with E-state index >= 15 is 0 Å². The van der Waals surface area contributed by atoms with Crippen LogP contribution >= 0.6 is 0 Å². The highest BCUT2D eigenvalue weighted by atomic mass is 16.2. The number of hydrogen-bond donors (Lipinski definition) is 2. The summed E-state index contributed by atoms with van der Waals surface area (Å²) in [5, 5.41) is 9.80. The largest absolute Gasteiger partial charge is 0.328 e. The summed E-state index contributed by atoms with van der Waals surface area (Å²) < 4.78 is 1.50. The highest BCUT2D eigenvalue weighted by Crippen LogP contribution is 2.43. The zero-order valence-corrected chi connectivity index (χ0v) is 16.0. The SMILES string of the molecule is CC(NC(=O)Nc1nc(C2CC2)cc(C2CC2)n1)c1ncnn1-c1ncccn1. The van der Waals surface area contributed by atoms with E-state index < -0.39 is 12.1 Å². The first kappa shape index (κ1) is 17.7. The molecule has 2 N–H and O–H groups in total. The van der Waals surface area contributed by atoms with Gasteiger partial charge < -0.3 is 5.32 Å². The molecule has 2 aliphatic rings. The number of hydrogen-bond acceptors (Lipinski definition) is 7. The third kappa shape index (κ3) is 3.91. The van der Waals surface area contributed by atoms with Gasteiger partial charge in [0.25, 0.3) is 5.95 Å². The minimum atomic E-state index is -0.421. The molecule has 2 amide bonds. The molecule has 5 rings (SSSR count). The van der Waals surface area contributed by atoms with Crippen molar-refractivity contribution < 1.29 is 4.79 Å². The van der Waals surface area contributed by atoms with Crippen molar-refractivity contribution in [2.75, 3.05) is 5.32 Å². The van der Waals surface area contributed by atoms with E-state index in [9.17, 15) is 4.79 Å². The maximum Gasteiger partial charge on any atom is 0.322 e. The molecule has 2 saturated carbocycles. The summed E-state index contributed by atoms with van der Waals surface area (Å²) in [4.78, 5) is 34.3. The Morgan fingerprint density at radius 3 is 2.34 bits per heavy atom. The highest BCUT2D eigenvalue weighted by molar-refractivity contribution is 5.87. The number of rotatable bonds is 6. The van der Waals surface area contributed by atoms with Gasteiger partial charge in [-0.3, -0.25) is 5.32 Å². The summed E-state index contributed by atoms with van der Waals surface area (Å²) >= 11 is 0. The van der Waals surface area contributed by atoms with Crippen LogP contribution in [0.5, 0.6) is 0 Å². The summed E-state index contributed by atoms with van der Waals surface area (Å²) in [5.74, 6) is 2.28. The molecule has 2 aliphatic carbocycles. The number of carbonyl (C=O) groups is 1. The lowest BCUT2D eigenvalue weighted by Gasteiger charge is -2.14. The normalized spacial score (nSPS) is 17.0. The zero-order chi connectivity index (χ0) is 19.8. The second-order valence-electron chi connectivity index (χ2n) is 7.49. The fourth-order valence-corrected chi connectivity index (χ4v) is 3.22. The molecule has 0 aromatic carbocycles. The molecule has 3 aromatic heterocycles. The Hall–Kier alpha value is -3.43. The molecule has 29 heavy (non-hydrogen) atoms. The van der Waals surface area contributed by atoms with Crippen LogP contribution in [0.3, 0.4) is 0 Å². The van der Waals surface area contributed by atoms with Crippen molar-refractivity contribution in [3.05, 3.63) is 48.1 Å². The van der Waals surface area contributed by atoms with Gasteiger partial charge in [-0.2, -0.15) is 9.78 Å². The molecule has 0 saturated heterocycles. The van der Waals surface area contributed by atoms with Crippen LogP contribution in [-0.4, -0.2) is 40.7 Å². The Morgan fingerprint density at radius 1 is 1.07 bits per heavy atom. The number of nitrogens with zero attached hydrogens (tertiary/aromatic N) is 7. The highest BCUT2D eigenvalue weighted by Gasteiger charge is 2.31. The summed E-state index contributed by atoms with van der Waals surface area (Å²) in [6, 6.07) is 3.01. The van der Waals surface area contributed by atoms with Gasteiger partial charge in [0.15, 0.2) is 5.82 Å². The molecule has 0 radical (unpaired) electrons. The first-order valence-electron chi connectivity index (χ1n) is 9.81. The molecule has 10 heteroatoms. The van der Waals surface area contributed by atoms with Crippen molar-refractivity contribution in [3.8, 4) is 5.95 Å². The number of amides is 2. The average Bonchev–Trinajstić information content (AvgIpc) is 3.65. The van der Waals surface area contributed by atoms with E-state index in [-0.39, 0.29) is 0 Å². The smallest absolute Gasteiger partial charge is 0.322 e. The number of urea groups is 1. The summed E-state index contributed by atoms with van der Waals surface area (Å²) in [7, 11) is 0. The van der Waals surface area contributed by atoms with Crippen molar-refractivity contribution in [1.29, 1.82) is 0 Å². The lowest BCUT2D eigenvalue weighted by molar-refractivity contribution is 0.248. The van der Waals surface area contributed by atoms with Crippen molar-refractivity contribution >= 4 is 12.0 Å². The monoisotopic (exact) mass is 391 g/mol. The minimum absolute atomic E-state index is 0.355. The van der Waals surface area contributed by atoms with Gasteiger partial charge in [-0.1, -0.05) is 0 Å². The maximum absolute atomic E-state index is 12.6. The van der Waals surface area contributed by atoms with Gasteiger partial charge in [-0.05, 0) is 44.7 Å². The first-order chi connectivity index (χ1) is 14.2. The Labute approximate surface area is 167 Å². The summed E-state index contributed by atoms with van der Waals surface area (Å²) in [6.07, 6.45) is 9.27. The van der Waals surface area contributed by atoms with E-state index in [2.05, 4.69) is 46.7 Å². The molecule has 1 atom stereocenters. The summed E-state index contributed by atoms with van der Waals surface area (Å²) in [6.45, 7) is 1.82. The molecular weight excluding hydrogens is 370 g/mol. The third-order valence-corrected chi connectivity index (χ3v) is 5.03.